The Morgan fingerprint density at radius 2 is 2.00 bits per heavy atom. The maximum atomic E-state index is 10.8. The molecule has 0 heterocycles. The molecule has 3 N–H and O–H groups in total. The van der Waals surface area contributed by atoms with Crippen molar-refractivity contribution in [2.75, 3.05) is 5.32 Å². The van der Waals surface area contributed by atoms with E-state index >= 15 is 0 Å². The van der Waals surface area contributed by atoms with Gasteiger partial charge in [0.05, 0.1) is 5.03 Å². The number of nitrogens with one attached hydrogen (secondary N) is 1. The summed E-state index contributed by atoms with van der Waals surface area (Å²) in [7, 11) is 0. The number of rotatable bonds is 3. The first-order chi connectivity index (χ1) is 7.15. The lowest BCUT2D eigenvalue weighted by molar-refractivity contribution is -0.114. The van der Waals surface area contributed by atoms with E-state index in [-0.39, 0.29) is 10.6 Å². The molecule has 0 spiro atoms. The first kappa shape index (κ1) is 11.1. The van der Waals surface area contributed by atoms with Gasteiger partial charge in [-0.3, -0.25) is 4.79 Å². The molecule has 0 aromatic heterocycles. The maximum Gasteiger partial charge on any atom is 0.262 e. The molecule has 4 nitrogen and oxygen atoms in total. The molecule has 0 saturated carbocycles. The van der Waals surface area contributed by atoms with Gasteiger partial charge >= 0.3 is 0 Å². The van der Waals surface area contributed by atoms with Gasteiger partial charge in [0.1, 0.15) is 11.6 Å². The van der Waals surface area contributed by atoms with Gasteiger partial charge in [-0.05, 0) is 12.1 Å². The van der Waals surface area contributed by atoms with Crippen LogP contribution >= 0.6 is 12.6 Å². The summed E-state index contributed by atoms with van der Waals surface area (Å²) in [6.45, 7) is 0. The van der Waals surface area contributed by atoms with Crippen LogP contribution in [0.3, 0.4) is 0 Å². The molecule has 0 fully saturated rings. The summed E-state index contributed by atoms with van der Waals surface area (Å²) in [5.41, 5.74) is 5.53. The monoisotopic (exact) mass is 219 g/mol. The van der Waals surface area contributed by atoms with Crippen LogP contribution in [0.4, 0.5) is 5.69 Å². The van der Waals surface area contributed by atoms with Crippen LogP contribution in [0.15, 0.2) is 40.9 Å². The van der Waals surface area contributed by atoms with Crippen LogP contribution in [0.25, 0.3) is 0 Å². The number of amides is 1. The average molecular weight is 219 g/mol. The summed E-state index contributed by atoms with van der Waals surface area (Å²) in [5, 5.41) is 11.6. The Hall–Kier alpha value is -1.93. The first-order valence-electron chi connectivity index (χ1n) is 4.10. The Kier molecular flexibility index (Phi) is 3.77. The van der Waals surface area contributed by atoms with E-state index in [4.69, 9.17) is 11.0 Å². The predicted octanol–water partition coefficient (Wildman–Crippen LogP) is 1.25. The summed E-state index contributed by atoms with van der Waals surface area (Å²) in [6, 6.07) is 10.7. The van der Waals surface area contributed by atoms with E-state index in [0.717, 1.165) is 5.69 Å². The summed E-state index contributed by atoms with van der Waals surface area (Å²) in [4.78, 5) is 10.8. The van der Waals surface area contributed by atoms with Crippen molar-refractivity contribution in [2.24, 2.45) is 5.73 Å². The van der Waals surface area contributed by atoms with E-state index in [9.17, 15) is 4.79 Å². The molecule has 1 amide bonds. The van der Waals surface area contributed by atoms with Crippen LogP contribution in [0.1, 0.15) is 0 Å². The Morgan fingerprint density at radius 3 is 2.47 bits per heavy atom. The van der Waals surface area contributed by atoms with E-state index in [1.807, 2.05) is 18.2 Å². The van der Waals surface area contributed by atoms with Crippen molar-refractivity contribution < 1.29 is 4.79 Å². The minimum atomic E-state index is -0.800. The highest BCUT2D eigenvalue weighted by Gasteiger charge is 2.08. The second-order valence-electron chi connectivity index (χ2n) is 2.69. The number of carbonyl (C=O) groups is 1. The average Bonchev–Trinajstić information content (AvgIpc) is 2.19. The Morgan fingerprint density at radius 1 is 1.40 bits per heavy atom. The number of para-hydroxylation sites is 1. The second kappa shape index (κ2) is 5.08. The van der Waals surface area contributed by atoms with Gasteiger partial charge in [0, 0.05) is 5.69 Å². The van der Waals surface area contributed by atoms with Gasteiger partial charge in [0.2, 0.25) is 0 Å². The van der Waals surface area contributed by atoms with Crippen molar-refractivity contribution in [3.8, 4) is 6.07 Å². The molecular weight excluding hydrogens is 210 g/mol. The van der Waals surface area contributed by atoms with E-state index in [1.165, 1.54) is 0 Å². The molecule has 0 aliphatic rings. The van der Waals surface area contributed by atoms with Crippen LogP contribution in [0, 0.1) is 11.3 Å². The van der Waals surface area contributed by atoms with E-state index < -0.39 is 5.91 Å². The van der Waals surface area contributed by atoms with Gasteiger partial charge < -0.3 is 11.1 Å². The summed E-state index contributed by atoms with van der Waals surface area (Å²) in [5.74, 6) is -0.800. The minimum absolute atomic E-state index is 0.149. The molecule has 0 bridgehead atoms. The molecule has 0 radical (unpaired) electrons. The maximum absolute atomic E-state index is 10.8. The fraction of sp³-hybridized carbons (Fsp3) is 0. The highest BCUT2D eigenvalue weighted by molar-refractivity contribution is 7.84. The Bertz CT molecular complexity index is 434. The lowest BCUT2D eigenvalue weighted by atomic mass is 10.3. The quantitative estimate of drug-likeness (QED) is 0.406. The van der Waals surface area contributed by atoms with Crippen molar-refractivity contribution in [1.29, 1.82) is 5.26 Å². The van der Waals surface area contributed by atoms with Gasteiger partial charge in [-0.25, -0.2) is 0 Å². The van der Waals surface area contributed by atoms with Gasteiger partial charge in [-0.1, -0.05) is 18.2 Å². The summed E-state index contributed by atoms with van der Waals surface area (Å²) in [6.07, 6.45) is 0. The molecule has 1 aromatic carbocycles. The Balaban J connectivity index is 2.92. The summed E-state index contributed by atoms with van der Waals surface area (Å²) >= 11 is 4.00. The topological polar surface area (TPSA) is 78.9 Å². The number of primary amides is 1. The number of anilines is 1. The van der Waals surface area contributed by atoms with E-state index in [0.29, 0.717) is 0 Å². The summed E-state index contributed by atoms with van der Waals surface area (Å²) < 4.78 is 0. The van der Waals surface area contributed by atoms with Crippen LogP contribution in [0.2, 0.25) is 0 Å². The van der Waals surface area contributed by atoms with Crippen molar-refractivity contribution in [3.63, 3.8) is 0 Å². The van der Waals surface area contributed by atoms with Gasteiger partial charge in [-0.15, -0.1) is 12.6 Å². The Labute approximate surface area is 92.8 Å². The van der Waals surface area contributed by atoms with Crippen LogP contribution in [-0.2, 0) is 4.79 Å². The third-order valence-electron chi connectivity index (χ3n) is 1.63. The zero-order valence-corrected chi connectivity index (χ0v) is 8.66. The number of hydrogen-bond acceptors (Lipinski definition) is 4. The van der Waals surface area contributed by atoms with Crippen molar-refractivity contribution in [3.05, 3.63) is 40.9 Å². The zero-order valence-electron chi connectivity index (χ0n) is 7.77. The van der Waals surface area contributed by atoms with E-state index in [2.05, 4.69) is 17.9 Å². The lowest BCUT2D eigenvalue weighted by Crippen LogP contribution is -2.15. The van der Waals surface area contributed by atoms with Gasteiger partial charge in [-0.2, -0.15) is 5.26 Å². The van der Waals surface area contributed by atoms with Crippen molar-refractivity contribution in [2.45, 2.75) is 0 Å². The fourth-order valence-corrected chi connectivity index (χ4v) is 1.23. The molecule has 0 aliphatic heterocycles. The molecule has 1 aromatic rings. The number of carbonyl (C=O) groups excluding carboxylic acids is 1. The standard InChI is InChI=1S/C10H9N3OS/c11-6-8(9(12)14)10(15)13-7-4-2-1-3-5-7/h1-5,13,15H,(H2,12,14)/b10-8+. The van der Waals surface area contributed by atoms with Crippen molar-refractivity contribution in [1.82, 2.24) is 0 Å². The molecule has 1 rings (SSSR count). The normalized spacial score (nSPS) is 11.2. The number of thiol groups is 1. The molecule has 0 aliphatic carbocycles. The van der Waals surface area contributed by atoms with Crippen LogP contribution < -0.4 is 11.1 Å². The minimum Gasteiger partial charge on any atom is -0.365 e. The number of hydrogen-bond donors (Lipinski definition) is 3. The second-order valence-corrected chi connectivity index (χ2v) is 3.14. The molecule has 0 unspecified atom stereocenters. The first-order valence-corrected chi connectivity index (χ1v) is 4.55. The SMILES string of the molecule is N#C/C(C(N)=O)=C(\S)Nc1ccccc1. The molecule has 5 heteroatoms. The van der Waals surface area contributed by atoms with Crippen LogP contribution in [0.5, 0.6) is 0 Å². The van der Waals surface area contributed by atoms with E-state index in [1.54, 1.807) is 18.2 Å². The number of nitrogens with zero attached hydrogens (tertiary/aromatic N) is 1. The number of nitriles is 1. The zero-order chi connectivity index (χ0) is 11.3. The molecular formula is C10H9N3OS. The third-order valence-corrected chi connectivity index (χ3v) is 1.97. The van der Waals surface area contributed by atoms with Crippen molar-refractivity contribution >= 4 is 24.2 Å². The van der Waals surface area contributed by atoms with Crippen LogP contribution in [-0.4, -0.2) is 5.91 Å². The lowest BCUT2D eigenvalue weighted by Gasteiger charge is -2.05. The predicted molar refractivity (Wildman–Crippen MR) is 60.9 cm³/mol. The highest BCUT2D eigenvalue weighted by Crippen LogP contribution is 2.14. The molecule has 15 heavy (non-hydrogen) atoms. The molecule has 76 valence electrons. The third kappa shape index (κ3) is 3.04. The number of nitrogens with two attached hydrogens (primary N) is 1. The number of benzene rings is 1. The largest absolute Gasteiger partial charge is 0.365 e. The molecule has 0 atom stereocenters. The molecule has 0 saturated heterocycles. The van der Waals surface area contributed by atoms with Gasteiger partial charge in [0.15, 0.2) is 0 Å². The van der Waals surface area contributed by atoms with Gasteiger partial charge in [0.25, 0.3) is 5.91 Å². The smallest absolute Gasteiger partial charge is 0.262 e. The highest BCUT2D eigenvalue weighted by atomic mass is 32.1. The fourth-order valence-electron chi connectivity index (χ4n) is 0.945.